The minimum absolute atomic E-state index is 0.148. The van der Waals surface area contributed by atoms with Gasteiger partial charge in [-0.05, 0) is 30.3 Å². The van der Waals surface area contributed by atoms with Crippen molar-refractivity contribution in [3.63, 3.8) is 0 Å². The third-order valence-electron chi connectivity index (χ3n) is 4.47. The largest absolute Gasteiger partial charge is 0.279 e. The zero-order chi connectivity index (χ0) is 21.3. The topological polar surface area (TPSA) is 131 Å². The molecule has 0 fully saturated rings. The molecule has 10 heteroatoms. The number of anilines is 1. The molecule has 1 unspecified atom stereocenters. The zero-order valence-corrected chi connectivity index (χ0v) is 16.1. The summed E-state index contributed by atoms with van der Waals surface area (Å²) in [5, 5.41) is 11.8. The normalized spacial score (nSPS) is 15.5. The quantitative estimate of drug-likeness (QED) is 0.496. The summed E-state index contributed by atoms with van der Waals surface area (Å²) in [6, 6.07) is 16.8. The van der Waals surface area contributed by atoms with Gasteiger partial charge in [-0.25, -0.2) is 13.4 Å². The number of nitro benzene ring substituents is 1. The molecule has 1 aliphatic rings. The predicted octanol–water partition coefficient (Wildman–Crippen LogP) is 1.92. The van der Waals surface area contributed by atoms with Gasteiger partial charge in [-0.3, -0.25) is 24.6 Å². The number of nitrogens with one attached hydrogen (secondary N) is 1. The van der Waals surface area contributed by atoms with Crippen molar-refractivity contribution in [2.75, 3.05) is 4.72 Å². The van der Waals surface area contributed by atoms with Crippen LogP contribution in [0, 0.1) is 10.1 Å². The highest BCUT2D eigenvalue weighted by Gasteiger charge is 2.26. The molecule has 4 rings (SSSR count). The highest BCUT2D eigenvalue weighted by Crippen LogP contribution is 2.29. The van der Waals surface area contributed by atoms with E-state index >= 15 is 0 Å². The van der Waals surface area contributed by atoms with Crippen LogP contribution in [0.4, 0.5) is 11.4 Å². The van der Waals surface area contributed by atoms with Gasteiger partial charge < -0.3 is 0 Å². The number of nitrogens with zero attached hydrogens (tertiary/aromatic N) is 3. The van der Waals surface area contributed by atoms with E-state index in [1.54, 1.807) is 42.5 Å². The Morgan fingerprint density at radius 2 is 1.53 bits per heavy atom. The van der Waals surface area contributed by atoms with E-state index in [-0.39, 0.29) is 16.3 Å². The maximum Gasteiger partial charge on any atom is 0.275 e. The molecule has 1 atom stereocenters. The van der Waals surface area contributed by atoms with Crippen molar-refractivity contribution in [3.8, 4) is 0 Å². The summed E-state index contributed by atoms with van der Waals surface area (Å²) >= 11 is 0. The van der Waals surface area contributed by atoms with Crippen LogP contribution in [0.5, 0.6) is 0 Å². The number of amides is 1. The average Bonchev–Trinajstić information content (AvgIpc) is 2.73. The number of carbonyl (C=O) groups excluding carboxylic acids is 1. The first-order valence-corrected chi connectivity index (χ1v) is 10.3. The Kier molecular flexibility index (Phi) is 4.84. The van der Waals surface area contributed by atoms with E-state index in [1.807, 2.05) is 0 Å². The Balaban J connectivity index is 1.71. The fraction of sp³-hybridized carbons (Fsp3) is 0.0500. The van der Waals surface area contributed by atoms with Gasteiger partial charge in [0.25, 0.3) is 21.6 Å². The fourth-order valence-electron chi connectivity index (χ4n) is 3.02. The van der Waals surface area contributed by atoms with Crippen LogP contribution in [0.15, 0.2) is 87.7 Å². The predicted molar refractivity (Wildman–Crippen MR) is 107 cm³/mol. The number of benzene rings is 3. The van der Waals surface area contributed by atoms with Crippen LogP contribution in [0.1, 0.15) is 11.6 Å². The SMILES string of the molecule is O=C1N=c2ccccc2=NC1c1ccccc1NS(=O)(=O)c1ccc([N+](=O)[O-])cc1. The van der Waals surface area contributed by atoms with Gasteiger partial charge >= 0.3 is 0 Å². The Hall–Kier alpha value is -3.92. The van der Waals surface area contributed by atoms with Crippen LogP contribution in [-0.4, -0.2) is 19.2 Å². The molecule has 3 aromatic rings. The molecule has 150 valence electrons. The molecule has 1 N–H and O–H groups in total. The number of hydrogen-bond acceptors (Lipinski definition) is 6. The van der Waals surface area contributed by atoms with E-state index in [4.69, 9.17) is 0 Å². The van der Waals surface area contributed by atoms with Crippen LogP contribution in [0.3, 0.4) is 0 Å². The molecule has 0 saturated heterocycles. The van der Waals surface area contributed by atoms with E-state index in [0.29, 0.717) is 16.3 Å². The van der Waals surface area contributed by atoms with Crippen molar-refractivity contribution >= 4 is 27.3 Å². The number of nitro groups is 1. The van der Waals surface area contributed by atoms with Gasteiger partial charge in [-0.1, -0.05) is 30.3 Å². The lowest BCUT2D eigenvalue weighted by atomic mass is 10.0. The standard InChI is InChI=1S/C20H14N4O5S/c25-20-19(21-17-7-3-4-8-18(17)22-20)15-5-1-2-6-16(15)23-30(28,29)14-11-9-13(10-12-14)24(26)27/h1-12,19,23H. The molecule has 30 heavy (non-hydrogen) atoms. The monoisotopic (exact) mass is 422 g/mol. The van der Waals surface area contributed by atoms with Crippen molar-refractivity contribution in [1.82, 2.24) is 0 Å². The zero-order valence-electron chi connectivity index (χ0n) is 15.3. The van der Waals surface area contributed by atoms with Crippen molar-refractivity contribution in [3.05, 3.63) is 99.2 Å². The van der Waals surface area contributed by atoms with Gasteiger partial charge in [-0.15, -0.1) is 0 Å². The van der Waals surface area contributed by atoms with E-state index in [2.05, 4.69) is 14.7 Å². The smallest absolute Gasteiger partial charge is 0.275 e. The summed E-state index contributed by atoms with van der Waals surface area (Å²) in [5.74, 6) is -0.504. The van der Waals surface area contributed by atoms with Crippen molar-refractivity contribution in [2.45, 2.75) is 10.9 Å². The summed E-state index contributed by atoms with van der Waals surface area (Å²) in [7, 11) is -4.05. The number of carbonyl (C=O) groups is 1. The maximum absolute atomic E-state index is 12.8. The summed E-state index contributed by atoms with van der Waals surface area (Å²) in [4.78, 5) is 31.1. The molecule has 1 heterocycles. The molecule has 0 aliphatic carbocycles. The molecular weight excluding hydrogens is 408 g/mol. The minimum atomic E-state index is -4.05. The molecule has 1 aliphatic heterocycles. The highest BCUT2D eigenvalue weighted by molar-refractivity contribution is 7.92. The summed E-state index contributed by atoms with van der Waals surface area (Å²) in [6.45, 7) is 0. The maximum atomic E-state index is 12.8. The van der Waals surface area contributed by atoms with Crippen molar-refractivity contribution in [1.29, 1.82) is 0 Å². The molecule has 9 nitrogen and oxygen atoms in total. The Morgan fingerprint density at radius 3 is 2.23 bits per heavy atom. The van der Waals surface area contributed by atoms with Crippen LogP contribution < -0.4 is 15.4 Å². The average molecular weight is 422 g/mol. The Labute approximate surface area is 170 Å². The molecule has 1 amide bonds. The van der Waals surface area contributed by atoms with Gasteiger partial charge in [0.05, 0.1) is 26.2 Å². The van der Waals surface area contributed by atoms with Crippen LogP contribution in [0.25, 0.3) is 0 Å². The number of sulfonamides is 1. The number of rotatable bonds is 5. The first kappa shape index (κ1) is 19.4. The Bertz CT molecular complexity index is 1390. The van der Waals surface area contributed by atoms with E-state index < -0.39 is 26.9 Å². The highest BCUT2D eigenvalue weighted by atomic mass is 32.2. The molecule has 0 bridgehead atoms. The second-order valence-electron chi connectivity index (χ2n) is 6.41. The van der Waals surface area contributed by atoms with Crippen molar-refractivity contribution in [2.24, 2.45) is 9.98 Å². The number of fused-ring (bicyclic) bond motifs is 1. The van der Waals surface area contributed by atoms with E-state index in [1.165, 1.54) is 6.07 Å². The van der Waals surface area contributed by atoms with E-state index in [0.717, 1.165) is 24.3 Å². The van der Waals surface area contributed by atoms with Crippen LogP contribution >= 0.6 is 0 Å². The number of hydrogen-bond donors (Lipinski definition) is 1. The first-order valence-electron chi connectivity index (χ1n) is 8.77. The van der Waals surface area contributed by atoms with Crippen LogP contribution in [-0.2, 0) is 14.8 Å². The lowest BCUT2D eigenvalue weighted by Crippen LogP contribution is -2.33. The molecule has 0 radical (unpaired) electrons. The second kappa shape index (κ2) is 7.48. The summed E-state index contributed by atoms with van der Waals surface area (Å²) < 4.78 is 28.0. The van der Waals surface area contributed by atoms with Crippen LogP contribution in [0.2, 0.25) is 0 Å². The second-order valence-corrected chi connectivity index (χ2v) is 8.10. The fourth-order valence-corrected chi connectivity index (χ4v) is 4.11. The first-order chi connectivity index (χ1) is 14.3. The van der Waals surface area contributed by atoms with Gasteiger partial charge in [0.1, 0.15) is 0 Å². The number of non-ortho nitro benzene ring substituents is 1. The molecule has 0 aromatic heterocycles. The molecule has 0 spiro atoms. The molecule has 0 saturated carbocycles. The molecular formula is C20H14N4O5S. The van der Waals surface area contributed by atoms with Gasteiger partial charge in [-0.2, -0.15) is 0 Å². The Morgan fingerprint density at radius 1 is 0.900 bits per heavy atom. The summed E-state index contributed by atoms with van der Waals surface area (Å²) in [6.07, 6.45) is 0. The van der Waals surface area contributed by atoms with Gasteiger partial charge in [0, 0.05) is 17.7 Å². The summed E-state index contributed by atoms with van der Waals surface area (Å²) in [5.41, 5.74) is 0.306. The number of para-hydroxylation sites is 3. The van der Waals surface area contributed by atoms with Gasteiger partial charge in [0.2, 0.25) is 0 Å². The van der Waals surface area contributed by atoms with Gasteiger partial charge in [0.15, 0.2) is 6.04 Å². The third-order valence-corrected chi connectivity index (χ3v) is 5.85. The van der Waals surface area contributed by atoms with E-state index in [9.17, 15) is 23.3 Å². The minimum Gasteiger partial charge on any atom is -0.279 e. The van der Waals surface area contributed by atoms with Crippen molar-refractivity contribution < 1.29 is 18.1 Å². The lowest BCUT2D eigenvalue weighted by Gasteiger charge is -2.17. The third kappa shape index (κ3) is 3.67. The lowest BCUT2D eigenvalue weighted by molar-refractivity contribution is -0.384. The molecule has 3 aromatic carbocycles.